The van der Waals surface area contributed by atoms with Gasteiger partial charge in [0, 0.05) is 24.4 Å². The van der Waals surface area contributed by atoms with Crippen molar-refractivity contribution in [3.63, 3.8) is 0 Å². The van der Waals surface area contributed by atoms with Crippen LogP contribution in [0.1, 0.15) is 36.8 Å². The molecule has 4 rings (SSSR count). The number of aryl methyl sites for hydroxylation is 1. The maximum Gasteiger partial charge on any atom is 0.250 e. The van der Waals surface area contributed by atoms with E-state index in [9.17, 15) is 9.59 Å². The van der Waals surface area contributed by atoms with Gasteiger partial charge in [0.15, 0.2) is 0 Å². The van der Waals surface area contributed by atoms with E-state index in [1.807, 2.05) is 47.4 Å². The molecule has 0 spiro atoms. The molecule has 2 aromatic rings. The van der Waals surface area contributed by atoms with Crippen molar-refractivity contribution in [3.05, 3.63) is 77.9 Å². The van der Waals surface area contributed by atoms with Gasteiger partial charge in [-0.1, -0.05) is 61.0 Å². The summed E-state index contributed by atoms with van der Waals surface area (Å²) in [6, 6.07) is 18.0. The summed E-state index contributed by atoms with van der Waals surface area (Å²) in [7, 11) is 0. The number of piperidine rings is 1. The lowest BCUT2D eigenvalue weighted by Crippen LogP contribution is -2.49. The average Bonchev–Trinajstić information content (AvgIpc) is 3.26. The molecule has 2 aromatic carbocycles. The van der Waals surface area contributed by atoms with Gasteiger partial charge in [-0.15, -0.1) is 0 Å². The average molecular weight is 418 g/mol. The van der Waals surface area contributed by atoms with Crippen molar-refractivity contribution in [3.8, 4) is 0 Å². The van der Waals surface area contributed by atoms with Crippen LogP contribution in [0.15, 0.2) is 66.7 Å². The number of nitrogens with one attached hydrogen (secondary N) is 2. The van der Waals surface area contributed by atoms with Crippen molar-refractivity contribution < 1.29 is 9.59 Å². The number of carbonyl (C=O) groups excluding carboxylic acids is 2. The summed E-state index contributed by atoms with van der Waals surface area (Å²) in [5.74, 6) is 0.00100. The van der Waals surface area contributed by atoms with Crippen molar-refractivity contribution >= 4 is 17.5 Å². The van der Waals surface area contributed by atoms with Crippen molar-refractivity contribution in [2.75, 3.05) is 18.0 Å². The molecule has 2 aliphatic heterocycles. The lowest BCUT2D eigenvalue weighted by molar-refractivity contribution is -0.124. The molecular weight excluding hydrogens is 386 g/mol. The standard InChI is InChI=1S/C26H31N3O2/c30-25(29-19-17-21-10-4-5-12-24(21)29)16-15-22(14-13-20-8-2-1-3-9-20)28-26(31)23-11-6-7-18-27-23/h1-5,8-10,12,15-16,22-23,27H,6-7,11,13-14,17-19H2,(H,28,31). The Labute approximate surface area is 184 Å². The summed E-state index contributed by atoms with van der Waals surface area (Å²) < 4.78 is 0. The van der Waals surface area contributed by atoms with E-state index >= 15 is 0 Å². The maximum absolute atomic E-state index is 12.9. The van der Waals surface area contributed by atoms with Gasteiger partial charge in [0.05, 0.1) is 6.04 Å². The Balaban J connectivity index is 1.42. The van der Waals surface area contributed by atoms with E-state index < -0.39 is 0 Å². The zero-order valence-electron chi connectivity index (χ0n) is 17.9. The summed E-state index contributed by atoms with van der Waals surface area (Å²) in [6.07, 6.45) is 9.04. The summed E-state index contributed by atoms with van der Waals surface area (Å²) in [6.45, 7) is 1.59. The Bertz CT molecular complexity index is 919. The van der Waals surface area contributed by atoms with E-state index in [1.54, 1.807) is 6.08 Å². The molecule has 1 saturated heterocycles. The SMILES string of the molecule is O=C(NC(C=CC(=O)N1CCc2ccccc21)CCc1ccccc1)C1CCCCN1. The Morgan fingerprint density at radius 2 is 1.90 bits per heavy atom. The molecule has 0 aliphatic carbocycles. The summed E-state index contributed by atoms with van der Waals surface area (Å²) in [5, 5.41) is 6.47. The fourth-order valence-electron chi connectivity index (χ4n) is 4.40. The van der Waals surface area contributed by atoms with Crippen molar-refractivity contribution in [2.45, 2.75) is 50.6 Å². The molecule has 0 aromatic heterocycles. The number of amides is 2. The molecule has 0 radical (unpaired) electrons. The predicted octanol–water partition coefficient (Wildman–Crippen LogP) is 3.39. The third-order valence-electron chi connectivity index (χ3n) is 6.17. The van der Waals surface area contributed by atoms with Crippen LogP contribution in [0.2, 0.25) is 0 Å². The molecule has 162 valence electrons. The van der Waals surface area contributed by atoms with Crippen LogP contribution in [-0.2, 0) is 22.4 Å². The second kappa shape index (κ2) is 10.4. The van der Waals surface area contributed by atoms with Gasteiger partial charge >= 0.3 is 0 Å². The van der Waals surface area contributed by atoms with E-state index in [2.05, 4.69) is 28.8 Å². The van der Waals surface area contributed by atoms with Crippen molar-refractivity contribution in [1.29, 1.82) is 0 Å². The highest BCUT2D eigenvalue weighted by Crippen LogP contribution is 2.27. The first-order chi connectivity index (χ1) is 15.2. The number of hydrogen-bond acceptors (Lipinski definition) is 3. The van der Waals surface area contributed by atoms with Crippen LogP contribution in [0.3, 0.4) is 0 Å². The van der Waals surface area contributed by atoms with Gasteiger partial charge in [-0.2, -0.15) is 0 Å². The molecule has 2 amide bonds. The molecule has 5 heteroatoms. The number of anilines is 1. The van der Waals surface area contributed by atoms with Gasteiger partial charge in [-0.05, 0) is 55.8 Å². The Morgan fingerprint density at radius 1 is 1.10 bits per heavy atom. The molecule has 2 heterocycles. The van der Waals surface area contributed by atoms with E-state index in [0.29, 0.717) is 6.54 Å². The lowest BCUT2D eigenvalue weighted by Gasteiger charge is -2.25. The van der Waals surface area contributed by atoms with Gasteiger partial charge in [-0.25, -0.2) is 0 Å². The Hall–Kier alpha value is -2.92. The second-order valence-electron chi connectivity index (χ2n) is 8.37. The van der Waals surface area contributed by atoms with Gasteiger partial charge in [0.1, 0.15) is 0 Å². The number of fused-ring (bicyclic) bond motifs is 1. The van der Waals surface area contributed by atoms with Gasteiger partial charge in [0.2, 0.25) is 5.91 Å². The van der Waals surface area contributed by atoms with E-state index in [-0.39, 0.29) is 23.9 Å². The molecule has 1 fully saturated rings. The first-order valence-electron chi connectivity index (χ1n) is 11.4. The first kappa shape index (κ1) is 21.3. The molecule has 0 saturated carbocycles. The smallest absolute Gasteiger partial charge is 0.250 e. The zero-order chi connectivity index (χ0) is 21.5. The minimum absolute atomic E-state index is 0.0281. The third-order valence-corrected chi connectivity index (χ3v) is 6.17. The van der Waals surface area contributed by atoms with Crippen LogP contribution in [-0.4, -0.2) is 37.0 Å². The summed E-state index contributed by atoms with van der Waals surface area (Å²) in [4.78, 5) is 27.5. The van der Waals surface area contributed by atoms with Crippen LogP contribution in [0, 0.1) is 0 Å². The number of rotatable bonds is 7. The topological polar surface area (TPSA) is 61.4 Å². The largest absolute Gasteiger partial charge is 0.349 e. The Morgan fingerprint density at radius 3 is 2.71 bits per heavy atom. The van der Waals surface area contributed by atoms with Crippen LogP contribution < -0.4 is 15.5 Å². The quantitative estimate of drug-likeness (QED) is 0.679. The fraction of sp³-hybridized carbons (Fsp3) is 0.385. The fourth-order valence-corrected chi connectivity index (χ4v) is 4.40. The summed E-state index contributed by atoms with van der Waals surface area (Å²) >= 11 is 0. The normalized spacial score (nSPS) is 19.2. The van der Waals surface area contributed by atoms with E-state index in [1.165, 1.54) is 11.1 Å². The minimum Gasteiger partial charge on any atom is -0.349 e. The number of nitrogens with zero attached hydrogens (tertiary/aromatic N) is 1. The summed E-state index contributed by atoms with van der Waals surface area (Å²) in [5.41, 5.74) is 3.43. The molecule has 31 heavy (non-hydrogen) atoms. The van der Waals surface area contributed by atoms with Gasteiger partial charge < -0.3 is 15.5 Å². The second-order valence-corrected chi connectivity index (χ2v) is 8.37. The zero-order valence-corrected chi connectivity index (χ0v) is 17.9. The van der Waals surface area contributed by atoms with Crippen molar-refractivity contribution in [2.24, 2.45) is 0 Å². The molecule has 2 unspecified atom stereocenters. The van der Waals surface area contributed by atoms with Crippen LogP contribution in [0.4, 0.5) is 5.69 Å². The van der Waals surface area contributed by atoms with Crippen molar-refractivity contribution in [1.82, 2.24) is 10.6 Å². The first-order valence-corrected chi connectivity index (χ1v) is 11.4. The van der Waals surface area contributed by atoms with E-state index in [0.717, 1.165) is 50.8 Å². The third kappa shape index (κ3) is 5.61. The highest BCUT2D eigenvalue weighted by Gasteiger charge is 2.24. The molecule has 2 N–H and O–H groups in total. The molecule has 2 atom stereocenters. The van der Waals surface area contributed by atoms with Crippen LogP contribution >= 0.6 is 0 Å². The number of carbonyl (C=O) groups is 2. The maximum atomic E-state index is 12.9. The number of hydrogen-bond donors (Lipinski definition) is 2. The molecule has 0 bridgehead atoms. The van der Waals surface area contributed by atoms with E-state index in [4.69, 9.17) is 0 Å². The Kier molecular flexibility index (Phi) is 7.15. The molecule has 5 nitrogen and oxygen atoms in total. The minimum atomic E-state index is -0.182. The number of benzene rings is 2. The predicted molar refractivity (Wildman–Crippen MR) is 124 cm³/mol. The molecule has 2 aliphatic rings. The van der Waals surface area contributed by atoms with Crippen LogP contribution in [0.5, 0.6) is 0 Å². The van der Waals surface area contributed by atoms with Gasteiger partial charge in [-0.3, -0.25) is 9.59 Å². The highest BCUT2D eigenvalue weighted by molar-refractivity contribution is 6.03. The lowest BCUT2D eigenvalue weighted by atomic mass is 10.0. The van der Waals surface area contributed by atoms with Crippen LogP contribution in [0.25, 0.3) is 0 Å². The highest BCUT2D eigenvalue weighted by atomic mass is 16.2. The monoisotopic (exact) mass is 417 g/mol. The molecular formula is C26H31N3O2. The number of para-hydroxylation sites is 1. The van der Waals surface area contributed by atoms with Gasteiger partial charge in [0.25, 0.3) is 5.91 Å².